The van der Waals surface area contributed by atoms with Gasteiger partial charge in [-0.3, -0.25) is 4.79 Å². The third-order valence-electron chi connectivity index (χ3n) is 3.93. The molecule has 2 N–H and O–H groups in total. The summed E-state index contributed by atoms with van der Waals surface area (Å²) in [5.41, 5.74) is 2.00. The number of hydrogen-bond acceptors (Lipinski definition) is 5. The largest absolute Gasteiger partial charge is 0.462 e. The highest BCUT2D eigenvalue weighted by Gasteiger charge is 2.28. The fourth-order valence-corrected chi connectivity index (χ4v) is 4.16. The molecule has 0 saturated carbocycles. The normalized spacial score (nSPS) is 12.6. The van der Waals surface area contributed by atoms with Gasteiger partial charge in [-0.1, -0.05) is 6.07 Å². The first-order valence-electron chi connectivity index (χ1n) is 8.19. The second-order valence-corrected chi connectivity index (χ2v) is 6.80. The van der Waals surface area contributed by atoms with Gasteiger partial charge < -0.3 is 15.4 Å². The highest BCUT2D eigenvalue weighted by Crippen LogP contribution is 2.39. The van der Waals surface area contributed by atoms with Crippen molar-refractivity contribution in [1.82, 2.24) is 0 Å². The standard InChI is InChI=1S/C18H19FN2O3S/c1-2-24-18(23)16-13-7-4-8-14(13)25-17(16)21-15(22)10-20-12-6-3-5-11(19)9-12/h3,5-6,9,20H,2,4,7-8,10H2,1H3,(H,21,22). The Morgan fingerprint density at radius 1 is 1.32 bits per heavy atom. The predicted molar refractivity (Wildman–Crippen MR) is 95.8 cm³/mol. The Hall–Kier alpha value is -2.41. The van der Waals surface area contributed by atoms with E-state index in [0.29, 0.717) is 16.3 Å². The van der Waals surface area contributed by atoms with Crippen LogP contribution in [0.4, 0.5) is 15.1 Å². The van der Waals surface area contributed by atoms with Crippen molar-refractivity contribution in [3.63, 3.8) is 0 Å². The van der Waals surface area contributed by atoms with Gasteiger partial charge in [0.2, 0.25) is 5.91 Å². The number of carbonyl (C=O) groups is 2. The molecule has 1 aliphatic rings. The van der Waals surface area contributed by atoms with Gasteiger partial charge in [-0.15, -0.1) is 11.3 Å². The van der Waals surface area contributed by atoms with Crippen LogP contribution in [0.1, 0.15) is 34.1 Å². The number of thiophene rings is 1. The van der Waals surface area contributed by atoms with Crippen LogP contribution >= 0.6 is 11.3 Å². The third kappa shape index (κ3) is 3.99. The second-order valence-electron chi connectivity index (χ2n) is 5.69. The van der Waals surface area contributed by atoms with Crippen LogP contribution in [-0.4, -0.2) is 25.0 Å². The van der Waals surface area contributed by atoms with E-state index in [9.17, 15) is 14.0 Å². The lowest BCUT2D eigenvalue weighted by Crippen LogP contribution is -2.22. The Bertz CT molecular complexity index is 804. The number of benzene rings is 1. The molecule has 25 heavy (non-hydrogen) atoms. The first-order chi connectivity index (χ1) is 12.1. The molecular weight excluding hydrogens is 343 g/mol. The molecule has 0 fully saturated rings. The summed E-state index contributed by atoms with van der Waals surface area (Å²) in [7, 11) is 0. The molecule has 0 radical (unpaired) electrons. The van der Waals surface area contributed by atoms with Crippen LogP contribution in [0.3, 0.4) is 0 Å². The van der Waals surface area contributed by atoms with Crippen molar-refractivity contribution in [3.8, 4) is 0 Å². The zero-order valence-corrected chi connectivity index (χ0v) is 14.7. The van der Waals surface area contributed by atoms with E-state index in [-0.39, 0.29) is 24.9 Å². The summed E-state index contributed by atoms with van der Waals surface area (Å²) in [4.78, 5) is 25.6. The second kappa shape index (κ2) is 7.65. The van der Waals surface area contributed by atoms with E-state index in [4.69, 9.17) is 4.74 Å². The monoisotopic (exact) mass is 362 g/mol. The lowest BCUT2D eigenvalue weighted by atomic mass is 10.1. The Morgan fingerprint density at radius 3 is 2.92 bits per heavy atom. The zero-order valence-electron chi connectivity index (χ0n) is 13.9. The minimum absolute atomic E-state index is 0.0196. The molecule has 0 spiro atoms. The average molecular weight is 362 g/mol. The number of carbonyl (C=O) groups excluding carboxylic acids is 2. The maximum absolute atomic E-state index is 13.2. The Morgan fingerprint density at radius 2 is 2.16 bits per heavy atom. The topological polar surface area (TPSA) is 67.4 Å². The number of esters is 1. The van der Waals surface area contributed by atoms with Crippen LogP contribution in [0.15, 0.2) is 24.3 Å². The van der Waals surface area contributed by atoms with Crippen molar-refractivity contribution in [2.45, 2.75) is 26.2 Å². The van der Waals surface area contributed by atoms with Crippen LogP contribution in [0.2, 0.25) is 0 Å². The fourth-order valence-electron chi connectivity index (χ4n) is 2.86. The van der Waals surface area contributed by atoms with Crippen LogP contribution in [-0.2, 0) is 22.4 Å². The number of fused-ring (bicyclic) bond motifs is 1. The van der Waals surface area contributed by atoms with Crippen LogP contribution in [0, 0.1) is 5.82 Å². The zero-order chi connectivity index (χ0) is 17.8. The SMILES string of the molecule is CCOC(=O)c1c(NC(=O)CNc2cccc(F)c2)sc2c1CCC2. The van der Waals surface area contributed by atoms with Gasteiger partial charge in [-0.25, -0.2) is 9.18 Å². The van der Waals surface area contributed by atoms with Crippen molar-refractivity contribution in [3.05, 3.63) is 46.1 Å². The first-order valence-corrected chi connectivity index (χ1v) is 9.01. The predicted octanol–water partition coefficient (Wildman–Crippen LogP) is 3.60. The lowest BCUT2D eigenvalue weighted by Gasteiger charge is -2.09. The van der Waals surface area contributed by atoms with Crippen molar-refractivity contribution < 1.29 is 18.7 Å². The lowest BCUT2D eigenvalue weighted by molar-refractivity contribution is -0.114. The van der Waals surface area contributed by atoms with E-state index < -0.39 is 5.97 Å². The maximum atomic E-state index is 13.2. The van der Waals surface area contributed by atoms with E-state index >= 15 is 0 Å². The van der Waals surface area contributed by atoms with Crippen molar-refractivity contribution >= 4 is 33.9 Å². The van der Waals surface area contributed by atoms with Crippen molar-refractivity contribution in [2.24, 2.45) is 0 Å². The quantitative estimate of drug-likeness (QED) is 0.771. The van der Waals surface area contributed by atoms with Crippen molar-refractivity contribution in [2.75, 3.05) is 23.8 Å². The van der Waals surface area contributed by atoms with Gasteiger partial charge in [0.25, 0.3) is 0 Å². The molecule has 0 bridgehead atoms. The minimum Gasteiger partial charge on any atom is -0.462 e. The number of aryl methyl sites for hydroxylation is 1. The molecule has 0 atom stereocenters. The van der Waals surface area contributed by atoms with Gasteiger partial charge in [0.05, 0.1) is 18.7 Å². The number of anilines is 2. The molecule has 0 unspecified atom stereocenters. The number of ether oxygens (including phenoxy) is 1. The van der Waals surface area contributed by atoms with E-state index in [0.717, 1.165) is 29.7 Å². The molecule has 5 nitrogen and oxygen atoms in total. The van der Waals surface area contributed by atoms with Crippen molar-refractivity contribution in [1.29, 1.82) is 0 Å². The van der Waals surface area contributed by atoms with Crippen LogP contribution in [0.5, 0.6) is 0 Å². The summed E-state index contributed by atoms with van der Waals surface area (Å²) >= 11 is 1.43. The van der Waals surface area contributed by atoms with Gasteiger partial charge in [-0.2, -0.15) is 0 Å². The van der Waals surface area contributed by atoms with Crippen LogP contribution in [0.25, 0.3) is 0 Å². The third-order valence-corrected chi connectivity index (χ3v) is 5.14. The van der Waals surface area contributed by atoms with Crippen LogP contribution < -0.4 is 10.6 Å². The smallest absolute Gasteiger partial charge is 0.341 e. The summed E-state index contributed by atoms with van der Waals surface area (Å²) in [6.07, 6.45) is 2.77. The Balaban J connectivity index is 1.69. The molecular formula is C18H19FN2O3S. The highest BCUT2D eigenvalue weighted by atomic mass is 32.1. The molecule has 3 rings (SSSR count). The van der Waals surface area contributed by atoms with Gasteiger partial charge in [0.1, 0.15) is 10.8 Å². The number of nitrogens with one attached hydrogen (secondary N) is 2. The molecule has 1 amide bonds. The maximum Gasteiger partial charge on any atom is 0.341 e. The molecule has 1 aliphatic carbocycles. The van der Waals surface area contributed by atoms with E-state index in [1.54, 1.807) is 19.1 Å². The molecule has 1 heterocycles. The molecule has 2 aromatic rings. The fraction of sp³-hybridized carbons (Fsp3) is 0.333. The number of hydrogen-bond donors (Lipinski definition) is 2. The summed E-state index contributed by atoms with van der Waals surface area (Å²) in [6, 6.07) is 5.90. The number of halogens is 1. The number of amides is 1. The molecule has 132 valence electrons. The van der Waals surface area contributed by atoms with E-state index in [1.807, 2.05) is 0 Å². The molecule has 0 saturated heterocycles. The van der Waals surface area contributed by atoms with Gasteiger partial charge >= 0.3 is 5.97 Å². The Kier molecular flexibility index (Phi) is 5.33. The molecule has 1 aromatic carbocycles. The molecule has 1 aromatic heterocycles. The first kappa shape index (κ1) is 17.4. The Labute approximate surface area is 149 Å². The summed E-state index contributed by atoms with van der Waals surface area (Å²) in [5.74, 6) is -1.06. The van der Waals surface area contributed by atoms with Gasteiger partial charge in [-0.05, 0) is 49.9 Å². The highest BCUT2D eigenvalue weighted by molar-refractivity contribution is 7.17. The molecule has 7 heteroatoms. The van der Waals surface area contributed by atoms with Gasteiger partial charge in [0.15, 0.2) is 0 Å². The summed E-state index contributed by atoms with van der Waals surface area (Å²) in [6.45, 7) is 2.03. The minimum atomic E-state index is -0.393. The summed E-state index contributed by atoms with van der Waals surface area (Å²) in [5, 5.41) is 6.19. The van der Waals surface area contributed by atoms with Gasteiger partial charge in [0, 0.05) is 10.6 Å². The van der Waals surface area contributed by atoms with E-state index in [1.165, 1.54) is 23.5 Å². The molecule has 0 aliphatic heterocycles. The summed E-state index contributed by atoms with van der Waals surface area (Å²) < 4.78 is 18.3. The average Bonchev–Trinajstić information content (AvgIpc) is 3.13. The number of rotatable bonds is 6. The van der Waals surface area contributed by atoms with E-state index in [2.05, 4.69) is 10.6 Å².